The largest absolute Gasteiger partial charge is 0.361 e. The number of benzene rings is 1. The highest BCUT2D eigenvalue weighted by Crippen LogP contribution is 2.27. The Morgan fingerprint density at radius 2 is 2.35 bits per heavy atom. The van der Waals surface area contributed by atoms with E-state index >= 15 is 0 Å². The highest BCUT2D eigenvalue weighted by molar-refractivity contribution is 9.10. The van der Waals surface area contributed by atoms with E-state index in [9.17, 15) is 4.79 Å². The van der Waals surface area contributed by atoms with Crippen LogP contribution in [-0.2, 0) is 4.79 Å². The lowest BCUT2D eigenvalue weighted by Crippen LogP contribution is -1.81. The lowest BCUT2D eigenvalue weighted by Gasteiger charge is -1.95. The van der Waals surface area contributed by atoms with Crippen LogP contribution in [0.5, 0.6) is 0 Å². The number of carbonyl (C=O) groups is 1. The Hall–Kier alpha value is -1.000. The van der Waals surface area contributed by atoms with Crippen molar-refractivity contribution in [3.05, 3.63) is 40.5 Å². The summed E-state index contributed by atoms with van der Waals surface area (Å²) < 4.78 is 1.08. The molecule has 0 unspecified atom stereocenters. The van der Waals surface area contributed by atoms with Gasteiger partial charge < -0.3 is 4.98 Å². The van der Waals surface area contributed by atoms with Crippen LogP contribution >= 0.6 is 27.7 Å². The molecule has 1 aromatic carbocycles. The van der Waals surface area contributed by atoms with Crippen LogP contribution in [0.25, 0.3) is 17.0 Å². The van der Waals surface area contributed by atoms with Gasteiger partial charge in [0.1, 0.15) is 0 Å². The van der Waals surface area contributed by atoms with E-state index in [-0.39, 0.29) is 5.12 Å². The third-order valence-electron chi connectivity index (χ3n) is 2.37. The zero-order valence-corrected chi connectivity index (χ0v) is 11.8. The molecule has 0 saturated carbocycles. The number of halogens is 1. The quantitative estimate of drug-likeness (QED) is 0.920. The predicted octanol–water partition coefficient (Wildman–Crippen LogP) is 4.22. The Kier molecular flexibility index (Phi) is 4.07. The summed E-state index contributed by atoms with van der Waals surface area (Å²) in [5.41, 5.74) is 2.25. The Morgan fingerprint density at radius 1 is 1.53 bits per heavy atom. The van der Waals surface area contributed by atoms with Crippen molar-refractivity contribution in [3.8, 4) is 0 Å². The molecular formula is C13H12BrNOS. The number of carbonyl (C=O) groups excluding carboxylic acids is 1. The molecule has 4 heteroatoms. The highest BCUT2D eigenvalue weighted by atomic mass is 79.9. The van der Waals surface area contributed by atoms with Gasteiger partial charge in [0.2, 0.25) is 0 Å². The molecule has 1 heterocycles. The molecule has 0 bridgehead atoms. The fourth-order valence-electron chi connectivity index (χ4n) is 1.64. The molecule has 2 rings (SSSR count). The standard InChI is InChI=1S/C13H12BrNOS/c1-9(16)17-7-3-4-10-8-15-12-6-2-5-11(14)13(10)12/h2-6,8,15H,7H2,1H3. The first-order valence-corrected chi connectivity index (χ1v) is 7.02. The molecule has 0 aliphatic rings. The van der Waals surface area contributed by atoms with Crippen molar-refractivity contribution in [3.63, 3.8) is 0 Å². The first kappa shape index (κ1) is 12.5. The summed E-state index contributed by atoms with van der Waals surface area (Å²) in [5.74, 6) is 0.715. The van der Waals surface area contributed by atoms with Crippen LogP contribution < -0.4 is 0 Å². The lowest BCUT2D eigenvalue weighted by atomic mass is 10.2. The number of hydrogen-bond donors (Lipinski definition) is 1. The van der Waals surface area contributed by atoms with E-state index in [1.165, 1.54) is 17.1 Å². The molecule has 88 valence electrons. The van der Waals surface area contributed by atoms with Crippen molar-refractivity contribution in [2.75, 3.05) is 5.75 Å². The van der Waals surface area contributed by atoms with Crippen LogP contribution in [0.2, 0.25) is 0 Å². The van der Waals surface area contributed by atoms with E-state index in [1.54, 1.807) is 6.92 Å². The fraction of sp³-hybridized carbons (Fsp3) is 0.154. The monoisotopic (exact) mass is 309 g/mol. The summed E-state index contributed by atoms with van der Waals surface area (Å²) in [7, 11) is 0. The minimum absolute atomic E-state index is 0.148. The Labute approximate surface area is 113 Å². The van der Waals surface area contributed by atoms with Gasteiger partial charge in [-0.3, -0.25) is 4.79 Å². The number of aromatic nitrogens is 1. The molecule has 0 radical (unpaired) electrons. The van der Waals surface area contributed by atoms with E-state index in [1.807, 2.05) is 36.5 Å². The number of rotatable bonds is 3. The third-order valence-corrected chi connectivity index (χ3v) is 3.79. The summed E-state index contributed by atoms with van der Waals surface area (Å²) in [4.78, 5) is 14.0. The second-order valence-corrected chi connectivity index (χ2v) is 5.66. The van der Waals surface area contributed by atoms with Gasteiger partial charge in [0.25, 0.3) is 0 Å². The summed E-state index contributed by atoms with van der Waals surface area (Å²) in [6.07, 6.45) is 6.03. The number of thioether (sulfide) groups is 1. The van der Waals surface area contributed by atoms with E-state index in [4.69, 9.17) is 0 Å². The van der Waals surface area contributed by atoms with E-state index in [0.29, 0.717) is 5.75 Å². The maximum absolute atomic E-state index is 10.8. The van der Waals surface area contributed by atoms with Crippen LogP contribution in [0.15, 0.2) is 34.9 Å². The van der Waals surface area contributed by atoms with Crippen LogP contribution in [0, 0.1) is 0 Å². The Bertz CT molecular complexity index is 574. The average Bonchev–Trinajstić information content (AvgIpc) is 2.69. The average molecular weight is 310 g/mol. The molecule has 0 saturated heterocycles. The van der Waals surface area contributed by atoms with Gasteiger partial charge in [-0.05, 0) is 12.1 Å². The van der Waals surface area contributed by atoms with Crippen LogP contribution in [0.4, 0.5) is 0 Å². The van der Waals surface area contributed by atoms with Gasteiger partial charge in [-0.2, -0.15) is 0 Å². The highest BCUT2D eigenvalue weighted by Gasteiger charge is 2.03. The van der Waals surface area contributed by atoms with Crippen LogP contribution in [0.3, 0.4) is 0 Å². The minimum atomic E-state index is 0.148. The topological polar surface area (TPSA) is 32.9 Å². The third kappa shape index (κ3) is 3.01. The lowest BCUT2D eigenvalue weighted by molar-refractivity contribution is -0.109. The van der Waals surface area contributed by atoms with Crippen molar-refractivity contribution in [1.29, 1.82) is 0 Å². The van der Waals surface area contributed by atoms with Crippen LogP contribution in [0.1, 0.15) is 12.5 Å². The van der Waals surface area contributed by atoms with Gasteiger partial charge in [0.05, 0.1) is 0 Å². The normalized spacial score (nSPS) is 11.4. The molecule has 2 aromatic rings. The van der Waals surface area contributed by atoms with E-state index in [2.05, 4.69) is 20.9 Å². The molecule has 1 aromatic heterocycles. The Morgan fingerprint density at radius 3 is 3.12 bits per heavy atom. The van der Waals surface area contributed by atoms with E-state index in [0.717, 1.165) is 15.6 Å². The molecular weight excluding hydrogens is 298 g/mol. The first-order valence-electron chi connectivity index (χ1n) is 5.24. The van der Waals surface area contributed by atoms with Crippen molar-refractivity contribution in [1.82, 2.24) is 4.98 Å². The van der Waals surface area contributed by atoms with Crippen molar-refractivity contribution >= 4 is 49.8 Å². The second-order valence-electron chi connectivity index (χ2n) is 3.61. The molecule has 0 fully saturated rings. The van der Waals surface area contributed by atoms with Crippen molar-refractivity contribution in [2.24, 2.45) is 0 Å². The zero-order valence-electron chi connectivity index (χ0n) is 9.37. The minimum Gasteiger partial charge on any atom is -0.361 e. The van der Waals surface area contributed by atoms with Gasteiger partial charge in [0.15, 0.2) is 5.12 Å². The number of hydrogen-bond acceptors (Lipinski definition) is 2. The Balaban J connectivity index is 2.22. The predicted molar refractivity (Wildman–Crippen MR) is 78.2 cm³/mol. The maximum atomic E-state index is 10.8. The number of aromatic amines is 1. The van der Waals surface area contributed by atoms with Gasteiger partial charge in [-0.25, -0.2) is 0 Å². The maximum Gasteiger partial charge on any atom is 0.186 e. The smallest absolute Gasteiger partial charge is 0.186 e. The zero-order chi connectivity index (χ0) is 12.3. The first-order chi connectivity index (χ1) is 8.18. The van der Waals surface area contributed by atoms with Gasteiger partial charge in [-0.1, -0.05) is 45.9 Å². The van der Waals surface area contributed by atoms with Gasteiger partial charge >= 0.3 is 0 Å². The van der Waals surface area contributed by atoms with Crippen LogP contribution in [-0.4, -0.2) is 15.9 Å². The molecule has 2 nitrogen and oxygen atoms in total. The fourth-order valence-corrected chi connectivity index (χ4v) is 2.66. The summed E-state index contributed by atoms with van der Waals surface area (Å²) in [6.45, 7) is 1.58. The summed E-state index contributed by atoms with van der Waals surface area (Å²) in [6, 6.07) is 6.07. The molecule has 0 atom stereocenters. The van der Waals surface area contributed by atoms with Gasteiger partial charge in [0, 0.05) is 39.8 Å². The molecule has 0 spiro atoms. The SMILES string of the molecule is CC(=O)SCC=Cc1c[nH]c2cccc(Br)c12. The summed E-state index contributed by atoms with van der Waals surface area (Å²) in [5, 5.41) is 1.33. The summed E-state index contributed by atoms with van der Waals surface area (Å²) >= 11 is 4.86. The number of fused-ring (bicyclic) bond motifs is 1. The molecule has 0 aliphatic carbocycles. The van der Waals surface area contributed by atoms with Crippen molar-refractivity contribution < 1.29 is 4.79 Å². The van der Waals surface area contributed by atoms with E-state index < -0.39 is 0 Å². The molecule has 0 amide bonds. The molecule has 17 heavy (non-hydrogen) atoms. The number of H-pyrrole nitrogens is 1. The second kappa shape index (κ2) is 5.56. The molecule has 0 aliphatic heterocycles. The molecule has 1 N–H and O–H groups in total. The van der Waals surface area contributed by atoms with Gasteiger partial charge in [-0.15, -0.1) is 0 Å². The van der Waals surface area contributed by atoms with Crippen molar-refractivity contribution in [2.45, 2.75) is 6.92 Å². The number of nitrogens with one attached hydrogen (secondary N) is 1.